The van der Waals surface area contributed by atoms with E-state index in [9.17, 15) is 24.3 Å². The molecule has 9 nitrogen and oxygen atoms in total. The summed E-state index contributed by atoms with van der Waals surface area (Å²) < 4.78 is 4.84. The number of hydrogen-bond acceptors (Lipinski definition) is 8. The molecule has 0 aliphatic carbocycles. The molecule has 2 aliphatic rings. The van der Waals surface area contributed by atoms with Crippen LogP contribution in [0, 0.1) is 11.3 Å². The van der Waals surface area contributed by atoms with Gasteiger partial charge in [0.1, 0.15) is 23.7 Å². The second-order valence-electron chi connectivity index (χ2n) is 5.18. The number of hydrogen-bond donors (Lipinski definition) is 2. The van der Waals surface area contributed by atoms with Crippen molar-refractivity contribution < 1.29 is 29.0 Å². The van der Waals surface area contributed by atoms with Gasteiger partial charge in [0.15, 0.2) is 5.25 Å². The van der Waals surface area contributed by atoms with Gasteiger partial charge in [-0.15, -0.1) is 23.5 Å². The lowest BCUT2D eigenvalue weighted by molar-refractivity contribution is -0.150. The zero-order valence-electron chi connectivity index (χ0n) is 13.3. The van der Waals surface area contributed by atoms with Gasteiger partial charge in [0, 0.05) is 18.2 Å². The monoisotopic (exact) mass is 385 g/mol. The van der Waals surface area contributed by atoms with Crippen LogP contribution in [0.2, 0.25) is 0 Å². The van der Waals surface area contributed by atoms with Crippen LogP contribution in [-0.4, -0.2) is 69.0 Å². The summed E-state index contributed by atoms with van der Waals surface area (Å²) in [6, 6.07) is 0.936. The van der Waals surface area contributed by atoms with Gasteiger partial charge in [0.2, 0.25) is 5.91 Å². The summed E-state index contributed by atoms with van der Waals surface area (Å²) in [6.07, 6.45) is 1.60. The van der Waals surface area contributed by atoms with Gasteiger partial charge in [-0.2, -0.15) is 5.26 Å². The Labute approximate surface area is 151 Å². The quantitative estimate of drug-likeness (QED) is 0.460. The van der Waals surface area contributed by atoms with Crippen LogP contribution in [0.4, 0.5) is 0 Å². The summed E-state index contributed by atoms with van der Waals surface area (Å²) >= 11 is 2.31. The number of amides is 2. The van der Waals surface area contributed by atoms with E-state index in [1.807, 2.05) is 6.07 Å². The maximum Gasteiger partial charge on any atom is 0.352 e. The highest BCUT2D eigenvalue weighted by Crippen LogP contribution is 2.40. The molecule has 2 aliphatic heterocycles. The van der Waals surface area contributed by atoms with Crippen molar-refractivity contribution in [3.63, 3.8) is 0 Å². The molecule has 0 aromatic heterocycles. The van der Waals surface area contributed by atoms with Crippen molar-refractivity contribution in [3.8, 4) is 6.07 Å². The fourth-order valence-electron chi connectivity index (χ4n) is 2.43. The van der Waals surface area contributed by atoms with Gasteiger partial charge in [0.05, 0.1) is 6.07 Å². The molecule has 0 saturated carbocycles. The van der Waals surface area contributed by atoms with E-state index in [-0.39, 0.29) is 18.1 Å². The Bertz CT molecular complexity index is 701. The SMILES string of the molecule is CSC(C#N)C(=O)N[C@@H]1C(=O)N2C(C(=O)O)=C(COC(C)=O)CS[C@H]12. The van der Waals surface area contributed by atoms with E-state index >= 15 is 0 Å². The second kappa shape index (κ2) is 7.79. The average molecular weight is 385 g/mol. The number of fused-ring (bicyclic) bond motifs is 1. The Morgan fingerprint density at radius 1 is 1.56 bits per heavy atom. The predicted octanol–water partition coefficient (Wildman–Crippen LogP) is -0.457. The molecule has 3 atom stereocenters. The molecule has 134 valence electrons. The number of carbonyl (C=O) groups is 4. The van der Waals surface area contributed by atoms with Crippen LogP contribution in [0.1, 0.15) is 6.92 Å². The van der Waals surface area contributed by atoms with Crippen molar-refractivity contribution in [2.75, 3.05) is 18.6 Å². The molecule has 1 unspecified atom stereocenters. The molecule has 0 radical (unpaired) electrons. The molecule has 1 fully saturated rings. The number of rotatable bonds is 6. The van der Waals surface area contributed by atoms with E-state index in [4.69, 9.17) is 10.00 Å². The van der Waals surface area contributed by atoms with Gasteiger partial charge < -0.3 is 15.2 Å². The fraction of sp³-hybridized carbons (Fsp3) is 0.500. The van der Waals surface area contributed by atoms with E-state index in [1.54, 1.807) is 6.26 Å². The Hall–Kier alpha value is -2.19. The molecular formula is C14H15N3O6S2. The number of thioether (sulfide) groups is 2. The molecule has 0 aromatic rings. The molecule has 2 amide bonds. The standard InChI is InChI=1S/C14H15N3O6S2/c1-6(18)23-4-7-5-25-13-9(16-11(19)8(3-15)24-2)12(20)17(13)10(7)14(21)22/h8-9,13H,4-5H2,1-2H3,(H,16,19)(H,21,22)/t8?,9-,13-/m1/s1. The molecular weight excluding hydrogens is 370 g/mol. The highest BCUT2D eigenvalue weighted by Gasteiger charge is 2.54. The molecule has 25 heavy (non-hydrogen) atoms. The molecule has 2 N–H and O–H groups in total. The van der Waals surface area contributed by atoms with Crippen LogP contribution in [-0.2, 0) is 23.9 Å². The third kappa shape index (κ3) is 3.74. The van der Waals surface area contributed by atoms with Crippen LogP contribution in [0.15, 0.2) is 11.3 Å². The normalized spacial score (nSPS) is 23.1. The minimum atomic E-state index is -1.30. The van der Waals surface area contributed by atoms with Gasteiger partial charge in [-0.1, -0.05) is 0 Å². The minimum absolute atomic E-state index is 0.208. The van der Waals surface area contributed by atoms with Crippen molar-refractivity contribution in [3.05, 3.63) is 11.3 Å². The summed E-state index contributed by atoms with van der Waals surface area (Å²) in [6.45, 7) is 0.998. The highest BCUT2D eigenvalue weighted by atomic mass is 32.2. The zero-order valence-corrected chi connectivity index (χ0v) is 15.0. The number of nitrogens with zero attached hydrogens (tertiary/aromatic N) is 2. The van der Waals surface area contributed by atoms with Gasteiger partial charge in [0.25, 0.3) is 5.91 Å². The van der Waals surface area contributed by atoms with Crippen molar-refractivity contribution >= 4 is 47.3 Å². The van der Waals surface area contributed by atoms with Crippen molar-refractivity contribution in [2.24, 2.45) is 0 Å². The minimum Gasteiger partial charge on any atom is -0.477 e. The van der Waals surface area contributed by atoms with Crippen molar-refractivity contribution in [2.45, 2.75) is 23.6 Å². The van der Waals surface area contributed by atoms with Gasteiger partial charge in [-0.05, 0) is 6.26 Å². The predicted molar refractivity (Wildman–Crippen MR) is 89.2 cm³/mol. The average Bonchev–Trinajstić information content (AvgIpc) is 2.57. The van der Waals surface area contributed by atoms with Gasteiger partial charge >= 0.3 is 11.9 Å². The van der Waals surface area contributed by atoms with Crippen LogP contribution >= 0.6 is 23.5 Å². The third-order valence-corrected chi connectivity index (χ3v) is 5.72. The number of carbonyl (C=O) groups excluding carboxylic acids is 3. The summed E-state index contributed by atoms with van der Waals surface area (Å²) in [4.78, 5) is 47.8. The van der Waals surface area contributed by atoms with Crippen molar-refractivity contribution in [1.29, 1.82) is 5.26 Å². The van der Waals surface area contributed by atoms with Crippen molar-refractivity contribution in [1.82, 2.24) is 10.2 Å². The first kappa shape index (κ1) is 19.1. The van der Waals surface area contributed by atoms with Crippen LogP contribution in [0.5, 0.6) is 0 Å². The number of β-lactam (4-membered cyclic amide) rings is 1. The number of nitriles is 1. The van der Waals surface area contributed by atoms with Crippen LogP contribution in [0.3, 0.4) is 0 Å². The number of ether oxygens (including phenoxy) is 1. The Balaban J connectivity index is 2.16. The second-order valence-corrected chi connectivity index (χ2v) is 7.23. The van der Waals surface area contributed by atoms with Gasteiger partial charge in [-0.25, -0.2) is 4.79 Å². The van der Waals surface area contributed by atoms with E-state index < -0.39 is 40.4 Å². The Morgan fingerprint density at radius 3 is 2.76 bits per heavy atom. The smallest absolute Gasteiger partial charge is 0.352 e. The molecule has 11 heteroatoms. The summed E-state index contributed by atoms with van der Waals surface area (Å²) in [7, 11) is 0. The zero-order chi connectivity index (χ0) is 18.7. The first-order valence-corrected chi connectivity index (χ1v) is 9.41. The summed E-state index contributed by atoms with van der Waals surface area (Å²) in [5.74, 6) is -2.75. The van der Waals surface area contributed by atoms with E-state index in [2.05, 4.69) is 5.32 Å². The maximum absolute atomic E-state index is 12.3. The topological polar surface area (TPSA) is 137 Å². The van der Waals surface area contributed by atoms with E-state index in [1.165, 1.54) is 18.7 Å². The third-order valence-electron chi connectivity index (χ3n) is 3.59. The fourth-order valence-corrected chi connectivity index (χ4v) is 4.15. The first-order chi connectivity index (χ1) is 11.8. The van der Waals surface area contributed by atoms with E-state index in [0.717, 1.165) is 16.7 Å². The Kier molecular flexibility index (Phi) is 5.97. The number of carboxylic acid groups (broad SMARTS) is 1. The van der Waals surface area contributed by atoms with Crippen LogP contribution < -0.4 is 5.32 Å². The summed E-state index contributed by atoms with van der Waals surface area (Å²) in [5.41, 5.74) is 0.100. The van der Waals surface area contributed by atoms with E-state index in [0.29, 0.717) is 5.57 Å². The van der Waals surface area contributed by atoms with Gasteiger partial charge in [-0.3, -0.25) is 19.3 Å². The summed E-state index contributed by atoms with van der Waals surface area (Å²) in [5, 5.41) is 19.3. The Morgan fingerprint density at radius 2 is 2.24 bits per heavy atom. The first-order valence-electron chi connectivity index (χ1n) is 7.08. The maximum atomic E-state index is 12.3. The molecule has 1 saturated heterocycles. The number of aliphatic carboxylic acids is 1. The molecule has 2 heterocycles. The molecule has 2 rings (SSSR count). The highest BCUT2D eigenvalue weighted by molar-refractivity contribution is 8.00. The lowest BCUT2D eigenvalue weighted by Gasteiger charge is -2.49. The largest absolute Gasteiger partial charge is 0.477 e. The number of esters is 1. The lowest BCUT2D eigenvalue weighted by atomic mass is 10.0. The van der Waals surface area contributed by atoms with Crippen LogP contribution in [0.25, 0.3) is 0 Å². The number of carboxylic acids is 1. The molecule has 0 aromatic carbocycles. The molecule has 0 spiro atoms. The number of nitrogens with one attached hydrogen (secondary N) is 1. The lowest BCUT2D eigenvalue weighted by Crippen LogP contribution is -2.71. The molecule has 0 bridgehead atoms.